The van der Waals surface area contributed by atoms with E-state index in [4.69, 9.17) is 11.6 Å². The summed E-state index contributed by atoms with van der Waals surface area (Å²) in [4.78, 5) is 0. The van der Waals surface area contributed by atoms with Crippen LogP contribution in [-0.2, 0) is 0 Å². The second kappa shape index (κ2) is 6.08. The lowest BCUT2D eigenvalue weighted by Crippen LogP contribution is -2.20. The molecule has 0 saturated heterocycles. The van der Waals surface area contributed by atoms with Crippen LogP contribution in [0.25, 0.3) is 5.69 Å². The Morgan fingerprint density at radius 1 is 1.32 bits per heavy atom. The van der Waals surface area contributed by atoms with E-state index in [1.165, 1.54) is 0 Å². The molecule has 1 atom stereocenters. The molecule has 19 heavy (non-hydrogen) atoms. The number of aliphatic hydroxyl groups excluding tert-OH is 1. The zero-order valence-electron chi connectivity index (χ0n) is 11.1. The van der Waals surface area contributed by atoms with Crippen molar-refractivity contribution < 1.29 is 5.11 Å². The largest absolute Gasteiger partial charge is 0.390 e. The molecule has 4 nitrogen and oxygen atoms in total. The van der Waals surface area contributed by atoms with E-state index < -0.39 is 6.10 Å². The van der Waals surface area contributed by atoms with Gasteiger partial charge in [-0.05, 0) is 44.2 Å². The first-order valence-electron chi connectivity index (χ1n) is 6.22. The lowest BCUT2D eigenvalue weighted by atomic mass is 10.2. The Labute approximate surface area is 118 Å². The van der Waals surface area contributed by atoms with E-state index in [9.17, 15) is 5.11 Å². The van der Waals surface area contributed by atoms with E-state index >= 15 is 0 Å². The Bertz CT molecular complexity index is 536. The van der Waals surface area contributed by atoms with E-state index in [1.54, 1.807) is 0 Å². The van der Waals surface area contributed by atoms with Crippen molar-refractivity contribution in [2.24, 2.45) is 0 Å². The van der Waals surface area contributed by atoms with Crippen LogP contribution >= 0.6 is 11.6 Å². The first-order valence-corrected chi connectivity index (χ1v) is 6.75. The Kier molecular flexibility index (Phi) is 4.45. The summed E-state index contributed by atoms with van der Waals surface area (Å²) in [5.41, 5.74) is 4.09. The van der Waals surface area contributed by atoms with Gasteiger partial charge in [0.2, 0.25) is 0 Å². The fourth-order valence-electron chi connectivity index (χ4n) is 1.90. The second-order valence-corrected chi connectivity index (χ2v) is 4.88. The van der Waals surface area contributed by atoms with Gasteiger partial charge in [-0.1, -0.05) is 0 Å². The van der Waals surface area contributed by atoms with Crippen LogP contribution in [0, 0.1) is 13.8 Å². The van der Waals surface area contributed by atoms with E-state index in [2.05, 4.69) is 10.4 Å². The number of benzene rings is 1. The number of nitrogens with one attached hydrogen (secondary N) is 1. The monoisotopic (exact) mass is 279 g/mol. The summed E-state index contributed by atoms with van der Waals surface area (Å²) in [5, 5.41) is 16.9. The van der Waals surface area contributed by atoms with Crippen molar-refractivity contribution in [1.82, 2.24) is 9.78 Å². The number of anilines is 1. The quantitative estimate of drug-likeness (QED) is 0.827. The molecule has 0 radical (unpaired) electrons. The predicted molar refractivity (Wildman–Crippen MR) is 78.3 cm³/mol. The summed E-state index contributed by atoms with van der Waals surface area (Å²) in [7, 11) is 0. The topological polar surface area (TPSA) is 50.1 Å². The highest BCUT2D eigenvalue weighted by Crippen LogP contribution is 2.15. The average molecular weight is 280 g/mol. The van der Waals surface area contributed by atoms with E-state index in [-0.39, 0.29) is 5.88 Å². The lowest BCUT2D eigenvalue weighted by molar-refractivity contribution is 0.211. The highest BCUT2D eigenvalue weighted by molar-refractivity contribution is 6.18. The number of aromatic nitrogens is 2. The van der Waals surface area contributed by atoms with Crippen LogP contribution in [0.1, 0.15) is 11.4 Å². The molecule has 5 heteroatoms. The molecule has 0 amide bonds. The number of halogens is 1. The minimum Gasteiger partial charge on any atom is -0.390 e. The van der Waals surface area contributed by atoms with Crippen LogP contribution in [0.15, 0.2) is 30.3 Å². The SMILES string of the molecule is Cc1cc(C)n(-c2ccc(NCC(O)CCl)cc2)n1. The van der Waals surface area contributed by atoms with Gasteiger partial charge in [0.15, 0.2) is 0 Å². The molecular weight excluding hydrogens is 262 g/mol. The number of hydrogen-bond acceptors (Lipinski definition) is 3. The van der Waals surface area contributed by atoms with Gasteiger partial charge < -0.3 is 10.4 Å². The Hall–Kier alpha value is -1.52. The van der Waals surface area contributed by atoms with E-state index in [0.717, 1.165) is 22.8 Å². The van der Waals surface area contributed by atoms with Gasteiger partial charge in [-0.15, -0.1) is 11.6 Å². The zero-order chi connectivity index (χ0) is 13.8. The number of rotatable bonds is 5. The van der Waals surface area contributed by atoms with Crippen molar-refractivity contribution >= 4 is 17.3 Å². The van der Waals surface area contributed by atoms with Crippen LogP contribution in [-0.4, -0.2) is 33.4 Å². The molecule has 2 N–H and O–H groups in total. The van der Waals surface area contributed by atoms with Crippen LogP contribution in [0.2, 0.25) is 0 Å². The van der Waals surface area contributed by atoms with Gasteiger partial charge >= 0.3 is 0 Å². The zero-order valence-corrected chi connectivity index (χ0v) is 11.9. The summed E-state index contributed by atoms with van der Waals surface area (Å²) in [6.45, 7) is 4.46. The molecule has 102 valence electrons. The van der Waals surface area contributed by atoms with Gasteiger partial charge in [-0.25, -0.2) is 4.68 Å². The number of aryl methyl sites for hydroxylation is 2. The molecule has 0 saturated carbocycles. The number of hydrogen-bond donors (Lipinski definition) is 2. The maximum Gasteiger partial charge on any atom is 0.0847 e. The van der Waals surface area contributed by atoms with Crippen LogP contribution < -0.4 is 5.32 Å². The number of aliphatic hydroxyl groups is 1. The molecule has 2 aromatic rings. The van der Waals surface area contributed by atoms with Gasteiger partial charge in [-0.2, -0.15) is 5.10 Å². The summed E-state index contributed by atoms with van der Waals surface area (Å²) in [5.74, 6) is 0.233. The Morgan fingerprint density at radius 3 is 2.53 bits per heavy atom. The van der Waals surface area contributed by atoms with E-state index in [0.29, 0.717) is 6.54 Å². The molecule has 1 aromatic heterocycles. The van der Waals surface area contributed by atoms with Crippen molar-refractivity contribution in [2.45, 2.75) is 20.0 Å². The third-order valence-electron chi connectivity index (χ3n) is 2.84. The number of alkyl halides is 1. The van der Waals surface area contributed by atoms with Gasteiger partial charge in [0, 0.05) is 17.9 Å². The molecule has 2 rings (SSSR count). The van der Waals surface area contributed by atoms with Crippen LogP contribution in [0.5, 0.6) is 0 Å². The highest BCUT2D eigenvalue weighted by atomic mass is 35.5. The van der Waals surface area contributed by atoms with Crippen molar-refractivity contribution in [3.63, 3.8) is 0 Å². The Morgan fingerprint density at radius 2 is 2.00 bits per heavy atom. The molecule has 0 spiro atoms. The molecule has 0 aliphatic heterocycles. The molecule has 1 heterocycles. The standard InChI is InChI=1S/C14H18ClN3O/c1-10-7-11(2)18(17-10)13-5-3-12(4-6-13)16-9-14(19)8-15/h3-7,14,16,19H,8-9H2,1-2H3. The minimum absolute atomic E-state index is 0.233. The first kappa shape index (κ1) is 13.9. The molecule has 0 fully saturated rings. The Balaban J connectivity index is 2.08. The fraction of sp³-hybridized carbons (Fsp3) is 0.357. The smallest absolute Gasteiger partial charge is 0.0847 e. The highest BCUT2D eigenvalue weighted by Gasteiger charge is 2.04. The number of nitrogens with zero attached hydrogens (tertiary/aromatic N) is 2. The van der Waals surface area contributed by atoms with Crippen molar-refractivity contribution in [1.29, 1.82) is 0 Å². The molecular formula is C14H18ClN3O. The van der Waals surface area contributed by atoms with Crippen LogP contribution in [0.3, 0.4) is 0 Å². The van der Waals surface area contributed by atoms with Crippen molar-refractivity contribution in [2.75, 3.05) is 17.7 Å². The van der Waals surface area contributed by atoms with Crippen molar-refractivity contribution in [3.05, 3.63) is 41.7 Å². The third-order valence-corrected chi connectivity index (χ3v) is 3.20. The molecule has 0 aliphatic rings. The summed E-state index contributed by atoms with van der Waals surface area (Å²) < 4.78 is 1.91. The van der Waals surface area contributed by atoms with Gasteiger partial charge in [0.05, 0.1) is 23.4 Å². The lowest BCUT2D eigenvalue weighted by Gasteiger charge is -2.11. The molecule has 0 aliphatic carbocycles. The van der Waals surface area contributed by atoms with Gasteiger partial charge in [0.1, 0.15) is 0 Å². The molecule has 1 unspecified atom stereocenters. The van der Waals surface area contributed by atoms with Crippen molar-refractivity contribution in [3.8, 4) is 5.69 Å². The predicted octanol–water partition coefficient (Wildman–Crippen LogP) is 2.50. The maximum atomic E-state index is 9.38. The third kappa shape index (κ3) is 3.49. The first-order chi connectivity index (χ1) is 9.10. The normalized spacial score (nSPS) is 12.4. The molecule has 1 aromatic carbocycles. The minimum atomic E-state index is -0.530. The van der Waals surface area contributed by atoms with E-state index in [1.807, 2.05) is 48.9 Å². The summed E-state index contributed by atoms with van der Waals surface area (Å²) in [6, 6.07) is 9.96. The van der Waals surface area contributed by atoms with Gasteiger partial charge in [0.25, 0.3) is 0 Å². The molecule has 0 bridgehead atoms. The maximum absolute atomic E-state index is 9.38. The fourth-order valence-corrected chi connectivity index (χ4v) is 2.01. The van der Waals surface area contributed by atoms with Crippen LogP contribution in [0.4, 0.5) is 5.69 Å². The second-order valence-electron chi connectivity index (χ2n) is 4.57. The average Bonchev–Trinajstić information content (AvgIpc) is 2.75. The van der Waals surface area contributed by atoms with Gasteiger partial charge in [-0.3, -0.25) is 0 Å². The summed E-state index contributed by atoms with van der Waals surface area (Å²) >= 11 is 5.54. The summed E-state index contributed by atoms with van der Waals surface area (Å²) in [6.07, 6.45) is -0.530.